The summed E-state index contributed by atoms with van der Waals surface area (Å²) >= 11 is 0. The van der Waals surface area contributed by atoms with Gasteiger partial charge in [-0.3, -0.25) is 14.4 Å². The first-order chi connectivity index (χ1) is 18.9. The Morgan fingerprint density at radius 3 is 2.38 bits per heavy atom. The summed E-state index contributed by atoms with van der Waals surface area (Å²) in [4.78, 5) is 55.1. The van der Waals surface area contributed by atoms with Gasteiger partial charge in [-0.05, 0) is 32.6 Å². The van der Waals surface area contributed by atoms with Gasteiger partial charge < -0.3 is 30.1 Å². The lowest BCUT2D eigenvalue weighted by Gasteiger charge is -2.39. The zero-order chi connectivity index (χ0) is 27.8. The molecule has 3 aliphatic rings. The fourth-order valence-corrected chi connectivity index (χ4v) is 5.77. The molecule has 0 aromatic carbocycles. The lowest BCUT2D eigenvalue weighted by atomic mass is 9.84. The van der Waals surface area contributed by atoms with Crippen LogP contribution in [-0.4, -0.2) is 96.0 Å². The monoisotopic (exact) mass is 539 g/mol. The van der Waals surface area contributed by atoms with Crippen LogP contribution in [0.15, 0.2) is 31.4 Å². The summed E-state index contributed by atoms with van der Waals surface area (Å²) in [6.45, 7) is 13.4. The molecular formula is C28H41N7O4. The summed E-state index contributed by atoms with van der Waals surface area (Å²) in [5, 5.41) is 6.36. The van der Waals surface area contributed by atoms with Crippen LogP contribution in [0.25, 0.3) is 0 Å². The number of esters is 1. The third kappa shape index (κ3) is 6.17. The lowest BCUT2D eigenvalue weighted by Crippen LogP contribution is -2.57. The molecule has 0 radical (unpaired) electrons. The topological polar surface area (TPSA) is 120 Å². The van der Waals surface area contributed by atoms with Crippen molar-refractivity contribution in [2.24, 2.45) is 5.41 Å². The Balaban J connectivity index is 1.42. The standard InChI is InChI=1S/C28H41N7O4/c1-4-13-29-22-20-23(32-27(31-22)30-14-5-2)33-16-18-34(19-17-33)24(36)21-10-9-15-35(21)25(37)28(11-7-8-12-28)26(38)39-6-3/h4-5,20-21H,1-2,6-19H2,3H3,(H2,29,30,31,32). The Bertz CT molecular complexity index is 1030. The van der Waals surface area contributed by atoms with Crippen molar-refractivity contribution >= 4 is 35.4 Å². The summed E-state index contributed by atoms with van der Waals surface area (Å²) in [5.41, 5.74) is -1.14. The van der Waals surface area contributed by atoms with Crippen molar-refractivity contribution in [1.82, 2.24) is 19.8 Å². The van der Waals surface area contributed by atoms with Crippen molar-refractivity contribution in [1.29, 1.82) is 0 Å². The van der Waals surface area contributed by atoms with Crippen LogP contribution in [0.2, 0.25) is 0 Å². The number of rotatable bonds is 11. The van der Waals surface area contributed by atoms with Gasteiger partial charge in [0.25, 0.3) is 0 Å². The average Bonchev–Trinajstić information content (AvgIpc) is 3.66. The minimum Gasteiger partial charge on any atom is -0.465 e. The quantitative estimate of drug-likeness (QED) is 0.248. The molecule has 2 N–H and O–H groups in total. The van der Waals surface area contributed by atoms with Gasteiger partial charge in [0, 0.05) is 51.9 Å². The predicted molar refractivity (Wildman–Crippen MR) is 150 cm³/mol. The van der Waals surface area contributed by atoms with E-state index in [0.717, 1.165) is 25.1 Å². The van der Waals surface area contributed by atoms with Gasteiger partial charge in [0.1, 0.15) is 23.1 Å². The fourth-order valence-electron chi connectivity index (χ4n) is 5.77. The molecule has 11 nitrogen and oxygen atoms in total. The van der Waals surface area contributed by atoms with Gasteiger partial charge in [-0.15, -0.1) is 13.2 Å². The number of aromatic nitrogens is 2. The van der Waals surface area contributed by atoms with Crippen LogP contribution in [0.3, 0.4) is 0 Å². The normalized spacial score (nSPS) is 20.4. The predicted octanol–water partition coefficient (Wildman–Crippen LogP) is 2.44. The molecule has 1 aromatic rings. The highest BCUT2D eigenvalue weighted by atomic mass is 16.5. The smallest absolute Gasteiger partial charge is 0.321 e. The van der Waals surface area contributed by atoms with Crippen molar-refractivity contribution in [3.63, 3.8) is 0 Å². The van der Waals surface area contributed by atoms with Gasteiger partial charge in [-0.25, -0.2) is 0 Å². The first-order valence-electron chi connectivity index (χ1n) is 14.0. The molecular weight excluding hydrogens is 498 g/mol. The minimum atomic E-state index is -1.14. The van der Waals surface area contributed by atoms with E-state index in [2.05, 4.69) is 38.7 Å². The lowest BCUT2D eigenvalue weighted by molar-refractivity contribution is -0.167. The second-order valence-electron chi connectivity index (χ2n) is 10.3. The zero-order valence-corrected chi connectivity index (χ0v) is 23.0. The molecule has 0 spiro atoms. The van der Waals surface area contributed by atoms with Gasteiger partial charge in [0.05, 0.1) is 6.61 Å². The van der Waals surface area contributed by atoms with E-state index in [1.165, 1.54) is 0 Å². The number of anilines is 3. The maximum atomic E-state index is 13.7. The third-order valence-corrected chi connectivity index (χ3v) is 7.79. The number of hydrogen-bond donors (Lipinski definition) is 2. The van der Waals surface area contributed by atoms with E-state index in [9.17, 15) is 14.4 Å². The van der Waals surface area contributed by atoms with E-state index < -0.39 is 17.4 Å². The van der Waals surface area contributed by atoms with Crippen molar-refractivity contribution < 1.29 is 19.1 Å². The van der Waals surface area contributed by atoms with E-state index >= 15 is 0 Å². The van der Waals surface area contributed by atoms with Crippen LogP contribution in [0.1, 0.15) is 45.4 Å². The molecule has 3 fully saturated rings. The highest BCUT2D eigenvalue weighted by Crippen LogP contribution is 2.42. The number of carbonyl (C=O) groups is 3. The molecule has 4 rings (SSSR count). The average molecular weight is 540 g/mol. The molecule has 1 atom stereocenters. The van der Waals surface area contributed by atoms with Crippen molar-refractivity contribution in [3.05, 3.63) is 31.4 Å². The van der Waals surface area contributed by atoms with E-state index in [-0.39, 0.29) is 18.4 Å². The molecule has 1 saturated carbocycles. The number of hydrogen-bond acceptors (Lipinski definition) is 9. The number of nitrogens with zero attached hydrogens (tertiary/aromatic N) is 5. The summed E-state index contributed by atoms with van der Waals surface area (Å²) < 4.78 is 5.32. The van der Waals surface area contributed by atoms with E-state index in [0.29, 0.717) is 76.8 Å². The van der Waals surface area contributed by atoms with E-state index in [4.69, 9.17) is 4.74 Å². The number of amides is 2. The van der Waals surface area contributed by atoms with Gasteiger partial charge in [0.15, 0.2) is 0 Å². The maximum absolute atomic E-state index is 13.7. The van der Waals surface area contributed by atoms with Crippen molar-refractivity contribution in [2.45, 2.75) is 51.5 Å². The largest absolute Gasteiger partial charge is 0.465 e. The Hall–Kier alpha value is -3.63. The fraction of sp³-hybridized carbons (Fsp3) is 0.607. The van der Waals surface area contributed by atoms with Gasteiger partial charge in [-0.1, -0.05) is 25.0 Å². The van der Waals surface area contributed by atoms with Crippen molar-refractivity contribution in [2.75, 3.05) is 68.0 Å². The number of ether oxygens (including phenoxy) is 1. The Morgan fingerprint density at radius 2 is 1.72 bits per heavy atom. The van der Waals surface area contributed by atoms with Gasteiger partial charge in [-0.2, -0.15) is 9.97 Å². The number of nitrogens with one attached hydrogen (secondary N) is 2. The molecule has 2 amide bonds. The SMILES string of the molecule is C=CCNc1cc(N2CCN(C(=O)C3CCCN3C(=O)C3(C(=O)OCC)CCCC3)CC2)nc(NCC=C)n1. The Morgan fingerprint density at radius 1 is 1.03 bits per heavy atom. The second kappa shape index (κ2) is 12.9. The third-order valence-electron chi connectivity index (χ3n) is 7.79. The molecule has 1 unspecified atom stereocenters. The van der Waals surface area contributed by atoms with Crippen molar-refractivity contribution in [3.8, 4) is 0 Å². The zero-order valence-electron chi connectivity index (χ0n) is 23.0. The van der Waals surface area contributed by atoms with Crippen LogP contribution < -0.4 is 15.5 Å². The molecule has 1 aromatic heterocycles. The van der Waals surface area contributed by atoms with Gasteiger partial charge >= 0.3 is 5.97 Å². The van der Waals surface area contributed by atoms with Crippen LogP contribution in [-0.2, 0) is 19.1 Å². The summed E-state index contributed by atoms with van der Waals surface area (Å²) in [5.74, 6) is 1.25. The number of piperazine rings is 1. The van der Waals surface area contributed by atoms with Crippen LogP contribution >= 0.6 is 0 Å². The molecule has 212 valence electrons. The molecule has 2 saturated heterocycles. The van der Waals surface area contributed by atoms with Crippen LogP contribution in [0.5, 0.6) is 0 Å². The maximum Gasteiger partial charge on any atom is 0.321 e. The first-order valence-corrected chi connectivity index (χ1v) is 14.0. The van der Waals surface area contributed by atoms with Gasteiger partial charge in [0.2, 0.25) is 17.8 Å². The molecule has 39 heavy (non-hydrogen) atoms. The minimum absolute atomic E-state index is 0.0399. The van der Waals surface area contributed by atoms with Crippen LogP contribution in [0.4, 0.5) is 17.6 Å². The number of likely N-dealkylation sites (tertiary alicyclic amines) is 1. The molecule has 2 aliphatic heterocycles. The van der Waals surface area contributed by atoms with Crippen LogP contribution in [0, 0.1) is 5.41 Å². The Labute approximate surface area is 230 Å². The summed E-state index contributed by atoms with van der Waals surface area (Å²) in [6, 6.07) is 1.37. The summed E-state index contributed by atoms with van der Waals surface area (Å²) in [6.07, 6.45) is 7.50. The van der Waals surface area contributed by atoms with E-state index in [1.807, 2.05) is 11.0 Å². The molecule has 3 heterocycles. The summed E-state index contributed by atoms with van der Waals surface area (Å²) in [7, 11) is 0. The van der Waals surface area contributed by atoms with E-state index in [1.54, 1.807) is 24.0 Å². The molecule has 1 aliphatic carbocycles. The first kappa shape index (κ1) is 28.4. The Kier molecular flexibility index (Phi) is 9.42. The highest BCUT2D eigenvalue weighted by molar-refractivity contribution is 6.04. The number of carbonyl (C=O) groups excluding carboxylic acids is 3. The molecule has 11 heteroatoms. The second-order valence-corrected chi connectivity index (χ2v) is 10.3. The highest BCUT2D eigenvalue weighted by Gasteiger charge is 2.53. The molecule has 0 bridgehead atoms.